The predicted molar refractivity (Wildman–Crippen MR) is 76.3 cm³/mol. The molecule has 0 saturated heterocycles. The molecule has 2 rings (SSSR count). The zero-order valence-corrected chi connectivity index (χ0v) is 11.6. The number of benzene rings is 1. The minimum absolute atomic E-state index is 0.232. The van der Waals surface area contributed by atoms with Crippen molar-refractivity contribution in [2.45, 2.75) is 38.6 Å². The van der Waals surface area contributed by atoms with Crippen molar-refractivity contribution in [3.05, 3.63) is 29.3 Å². The molecule has 1 aromatic carbocycles. The highest BCUT2D eigenvalue weighted by Crippen LogP contribution is 2.17. The number of aryl methyl sites for hydroxylation is 1. The van der Waals surface area contributed by atoms with Crippen molar-refractivity contribution in [1.82, 2.24) is 5.32 Å². The van der Waals surface area contributed by atoms with Crippen LogP contribution in [-0.4, -0.2) is 24.5 Å². The summed E-state index contributed by atoms with van der Waals surface area (Å²) in [7, 11) is 0. The molecule has 1 aliphatic rings. The molecular weight excluding hydrogens is 256 g/mol. The van der Waals surface area contributed by atoms with Crippen molar-refractivity contribution >= 4 is 17.6 Å². The molecule has 1 amide bonds. The maximum absolute atomic E-state index is 11.8. The molecule has 0 heterocycles. The Morgan fingerprint density at radius 2 is 2.00 bits per heavy atom. The zero-order valence-electron chi connectivity index (χ0n) is 11.6. The van der Waals surface area contributed by atoms with E-state index < -0.39 is 5.97 Å². The minimum Gasteiger partial charge on any atom is -0.452 e. The molecule has 0 radical (unpaired) electrons. The molecule has 0 bridgehead atoms. The standard InChI is InChI=1S/C15H20N2O3/c1-10-6-11(8-12(16)7-10)15(19)20-9-14(18)17-13-4-2-3-5-13/h6-8,13H,2-5,9,16H2,1H3,(H,17,18). The van der Waals surface area contributed by atoms with Crippen LogP contribution >= 0.6 is 0 Å². The van der Waals surface area contributed by atoms with Crippen LogP contribution in [-0.2, 0) is 9.53 Å². The number of rotatable bonds is 4. The Bertz CT molecular complexity index is 488. The highest BCUT2D eigenvalue weighted by molar-refractivity contribution is 5.92. The lowest BCUT2D eigenvalue weighted by Gasteiger charge is -2.12. The summed E-state index contributed by atoms with van der Waals surface area (Å²) < 4.78 is 5.00. The van der Waals surface area contributed by atoms with Gasteiger partial charge in [0, 0.05) is 11.7 Å². The number of amides is 1. The normalized spacial score (nSPS) is 15.1. The summed E-state index contributed by atoms with van der Waals surface area (Å²) in [5.74, 6) is -0.771. The van der Waals surface area contributed by atoms with Gasteiger partial charge in [-0.2, -0.15) is 0 Å². The van der Waals surface area contributed by atoms with Crippen molar-refractivity contribution in [3.8, 4) is 0 Å². The van der Waals surface area contributed by atoms with Crippen LogP contribution in [0.5, 0.6) is 0 Å². The molecule has 0 unspecified atom stereocenters. The van der Waals surface area contributed by atoms with Gasteiger partial charge in [-0.3, -0.25) is 4.79 Å². The van der Waals surface area contributed by atoms with Crippen LogP contribution in [0.25, 0.3) is 0 Å². The number of anilines is 1. The van der Waals surface area contributed by atoms with Crippen molar-refractivity contribution in [1.29, 1.82) is 0 Å². The molecule has 1 aliphatic carbocycles. The smallest absolute Gasteiger partial charge is 0.338 e. The summed E-state index contributed by atoms with van der Waals surface area (Å²) in [6.07, 6.45) is 4.31. The quantitative estimate of drug-likeness (QED) is 0.649. The van der Waals surface area contributed by atoms with E-state index in [1.807, 2.05) is 6.92 Å². The monoisotopic (exact) mass is 276 g/mol. The molecule has 108 valence electrons. The minimum atomic E-state index is -0.526. The number of hydrogen-bond acceptors (Lipinski definition) is 4. The Kier molecular flexibility index (Phi) is 4.61. The second-order valence-corrected chi connectivity index (χ2v) is 5.26. The lowest BCUT2D eigenvalue weighted by molar-refractivity contribution is -0.124. The number of carbonyl (C=O) groups excluding carboxylic acids is 2. The first-order valence-corrected chi connectivity index (χ1v) is 6.88. The molecule has 20 heavy (non-hydrogen) atoms. The Labute approximate surface area is 118 Å². The number of ether oxygens (including phenoxy) is 1. The fraction of sp³-hybridized carbons (Fsp3) is 0.467. The molecular formula is C15H20N2O3. The number of esters is 1. The van der Waals surface area contributed by atoms with E-state index in [0.717, 1.165) is 31.2 Å². The van der Waals surface area contributed by atoms with E-state index in [9.17, 15) is 9.59 Å². The highest BCUT2D eigenvalue weighted by Gasteiger charge is 2.18. The topological polar surface area (TPSA) is 81.4 Å². The molecule has 1 saturated carbocycles. The second kappa shape index (κ2) is 6.41. The van der Waals surface area contributed by atoms with Crippen molar-refractivity contribution in [2.24, 2.45) is 0 Å². The summed E-state index contributed by atoms with van der Waals surface area (Å²) in [6.45, 7) is 1.60. The van der Waals surface area contributed by atoms with Gasteiger partial charge in [0.2, 0.25) is 0 Å². The van der Waals surface area contributed by atoms with Crippen LogP contribution in [0, 0.1) is 6.92 Å². The second-order valence-electron chi connectivity index (χ2n) is 5.26. The highest BCUT2D eigenvalue weighted by atomic mass is 16.5. The van der Waals surface area contributed by atoms with Crippen LogP contribution in [0.15, 0.2) is 18.2 Å². The first-order chi connectivity index (χ1) is 9.54. The van der Waals surface area contributed by atoms with Gasteiger partial charge in [0.05, 0.1) is 5.56 Å². The third-order valence-electron chi connectivity index (χ3n) is 3.39. The molecule has 1 aromatic rings. The summed E-state index contributed by atoms with van der Waals surface area (Å²) >= 11 is 0. The van der Waals surface area contributed by atoms with Gasteiger partial charge in [0.1, 0.15) is 0 Å². The third-order valence-corrected chi connectivity index (χ3v) is 3.39. The summed E-state index contributed by atoms with van der Waals surface area (Å²) in [5, 5.41) is 2.87. The first-order valence-electron chi connectivity index (χ1n) is 6.88. The Balaban J connectivity index is 1.83. The molecule has 3 N–H and O–H groups in total. The largest absolute Gasteiger partial charge is 0.452 e. The van der Waals surface area contributed by atoms with E-state index in [1.165, 1.54) is 0 Å². The van der Waals surface area contributed by atoms with Crippen molar-refractivity contribution in [2.75, 3.05) is 12.3 Å². The third kappa shape index (κ3) is 3.98. The lowest BCUT2D eigenvalue weighted by atomic mass is 10.1. The van der Waals surface area contributed by atoms with Crippen LogP contribution in [0.3, 0.4) is 0 Å². The van der Waals surface area contributed by atoms with E-state index in [2.05, 4.69) is 5.32 Å². The molecule has 0 spiro atoms. The van der Waals surface area contributed by atoms with E-state index in [-0.39, 0.29) is 18.6 Å². The molecule has 0 aromatic heterocycles. The van der Waals surface area contributed by atoms with Gasteiger partial charge in [-0.05, 0) is 43.5 Å². The van der Waals surface area contributed by atoms with Gasteiger partial charge in [-0.1, -0.05) is 12.8 Å². The van der Waals surface area contributed by atoms with Crippen molar-refractivity contribution < 1.29 is 14.3 Å². The number of nitrogens with two attached hydrogens (primary N) is 1. The van der Waals surface area contributed by atoms with Gasteiger partial charge in [-0.25, -0.2) is 4.79 Å². The van der Waals surface area contributed by atoms with Gasteiger partial charge < -0.3 is 15.8 Å². The van der Waals surface area contributed by atoms with Crippen LogP contribution in [0.2, 0.25) is 0 Å². The van der Waals surface area contributed by atoms with Gasteiger partial charge in [0.15, 0.2) is 6.61 Å². The average Bonchev–Trinajstić information content (AvgIpc) is 2.87. The predicted octanol–water partition coefficient (Wildman–Crippen LogP) is 1.79. The van der Waals surface area contributed by atoms with Crippen LogP contribution in [0.4, 0.5) is 5.69 Å². The first kappa shape index (κ1) is 14.4. The summed E-state index contributed by atoms with van der Waals surface area (Å²) in [4.78, 5) is 23.5. The van der Waals surface area contributed by atoms with E-state index >= 15 is 0 Å². The van der Waals surface area contributed by atoms with Crippen LogP contribution < -0.4 is 11.1 Å². The molecule has 5 heteroatoms. The van der Waals surface area contributed by atoms with Gasteiger partial charge in [0.25, 0.3) is 5.91 Å². The van der Waals surface area contributed by atoms with Gasteiger partial charge in [-0.15, -0.1) is 0 Å². The summed E-state index contributed by atoms with van der Waals surface area (Å²) in [6, 6.07) is 5.23. The van der Waals surface area contributed by atoms with Crippen LogP contribution in [0.1, 0.15) is 41.6 Å². The lowest BCUT2D eigenvalue weighted by Crippen LogP contribution is -2.35. The Hall–Kier alpha value is -2.04. The fourth-order valence-electron chi connectivity index (χ4n) is 2.48. The maximum Gasteiger partial charge on any atom is 0.338 e. The zero-order chi connectivity index (χ0) is 14.5. The Morgan fingerprint density at radius 1 is 1.30 bits per heavy atom. The maximum atomic E-state index is 11.8. The molecule has 0 aliphatic heterocycles. The van der Waals surface area contributed by atoms with E-state index in [1.54, 1.807) is 18.2 Å². The van der Waals surface area contributed by atoms with Gasteiger partial charge >= 0.3 is 5.97 Å². The molecule has 0 atom stereocenters. The number of nitrogens with one attached hydrogen (secondary N) is 1. The molecule has 5 nitrogen and oxygen atoms in total. The number of hydrogen-bond donors (Lipinski definition) is 2. The van der Waals surface area contributed by atoms with Crippen molar-refractivity contribution in [3.63, 3.8) is 0 Å². The molecule has 1 fully saturated rings. The number of carbonyl (C=O) groups is 2. The fourth-order valence-corrected chi connectivity index (χ4v) is 2.48. The summed E-state index contributed by atoms with van der Waals surface area (Å²) in [5.41, 5.74) is 7.44. The Morgan fingerprint density at radius 3 is 2.65 bits per heavy atom. The van der Waals surface area contributed by atoms with E-state index in [4.69, 9.17) is 10.5 Å². The van der Waals surface area contributed by atoms with E-state index in [0.29, 0.717) is 11.3 Å². The SMILES string of the molecule is Cc1cc(N)cc(C(=O)OCC(=O)NC2CCCC2)c1. The average molecular weight is 276 g/mol. The number of nitrogen functional groups attached to an aromatic ring is 1.